The van der Waals surface area contributed by atoms with Crippen LogP contribution in [0.5, 0.6) is 5.75 Å². The van der Waals surface area contributed by atoms with Crippen LogP contribution in [0.15, 0.2) is 96.9 Å². The number of aliphatic hydroxyl groups is 2. The van der Waals surface area contributed by atoms with E-state index in [0.717, 1.165) is 36.1 Å². The molecule has 0 bridgehead atoms. The second-order valence-corrected chi connectivity index (χ2v) is 35.7. The quantitative estimate of drug-likeness (QED) is 0.0115. The highest BCUT2D eigenvalue weighted by molar-refractivity contribution is 8.00. The highest BCUT2D eigenvalue weighted by Crippen LogP contribution is 2.32. The van der Waals surface area contributed by atoms with E-state index in [2.05, 4.69) is 73.4 Å². The van der Waals surface area contributed by atoms with Gasteiger partial charge in [0.05, 0.1) is 44.3 Å². The van der Waals surface area contributed by atoms with E-state index in [9.17, 15) is 68.1 Å². The first kappa shape index (κ1) is 104. The lowest BCUT2D eigenvalue weighted by Crippen LogP contribution is -2.67. The van der Waals surface area contributed by atoms with Gasteiger partial charge in [-0.2, -0.15) is 0 Å². The fourth-order valence-corrected chi connectivity index (χ4v) is 18.2. The smallest absolute Gasteiger partial charge is 0.246 e. The summed E-state index contributed by atoms with van der Waals surface area (Å²) >= 11 is 2.06. The number of hydrogen-bond donors (Lipinski definition) is 20. The molecule has 16 amide bonds. The molecule has 133 heavy (non-hydrogen) atoms. The highest BCUT2D eigenvalue weighted by Gasteiger charge is 2.50. The minimum absolute atomic E-state index is 0.0132. The number of aliphatic hydroxyl groups excluding tert-OH is 2. The van der Waals surface area contributed by atoms with Crippen LogP contribution in [0.25, 0.3) is 21.0 Å². The maximum absolute atomic E-state index is 15.7. The number of unbranched alkanes of at least 4 members (excludes halogenated alkanes) is 1. The summed E-state index contributed by atoms with van der Waals surface area (Å²) in [6.07, 6.45) is 3.37. The molecule has 23 N–H and O–H groups in total. The molecule has 0 aliphatic carbocycles. The normalized spacial score (nSPS) is 24.9. The number of rotatable bonds is 25. The van der Waals surface area contributed by atoms with Crippen molar-refractivity contribution in [2.75, 3.05) is 72.0 Å². The molecule has 720 valence electrons. The third-order valence-corrected chi connectivity index (χ3v) is 25.7. The molecular weight excluding hydrogens is 1760 g/mol. The second-order valence-electron chi connectivity index (χ2n) is 33.8. The van der Waals surface area contributed by atoms with E-state index < -0.39 is 222 Å². The van der Waals surface area contributed by atoms with Gasteiger partial charge >= 0.3 is 0 Å². The molecule has 9 rings (SSSR count). The number of carbonyl (C=O) groups is 17. The van der Waals surface area contributed by atoms with Gasteiger partial charge in [0.2, 0.25) is 94.5 Å². The van der Waals surface area contributed by atoms with Gasteiger partial charge in [-0.1, -0.05) is 82.1 Å². The zero-order chi connectivity index (χ0) is 97.1. The number of nitrogens with one attached hydrogen (secondary N) is 14. The van der Waals surface area contributed by atoms with Gasteiger partial charge in [-0.15, -0.1) is 23.1 Å². The number of thioether (sulfide) groups is 1. The molecule has 3 fully saturated rings. The largest absolute Gasteiger partial charge is 0.508 e. The van der Waals surface area contributed by atoms with Crippen molar-refractivity contribution in [2.24, 2.45) is 23.1 Å². The van der Waals surface area contributed by atoms with E-state index in [-0.39, 0.29) is 115 Å². The summed E-state index contributed by atoms with van der Waals surface area (Å²) in [5.74, 6) is -17.6. The maximum Gasteiger partial charge on any atom is 0.246 e. The molecule has 0 saturated carbocycles. The maximum atomic E-state index is 15.7. The highest BCUT2D eigenvalue weighted by atomic mass is 32.2. The number of thiophene rings is 1. The molecule has 3 aliphatic rings. The number of para-hydroxylation sites is 1. The Labute approximate surface area is 775 Å². The number of imidazole rings is 1. The molecule has 0 radical (unpaired) electrons. The number of fused-ring (bicyclic) bond motifs is 4. The van der Waals surface area contributed by atoms with E-state index in [1.807, 2.05) is 13.0 Å². The average molecular weight is 1890 g/mol. The summed E-state index contributed by atoms with van der Waals surface area (Å²) in [5.41, 5.74) is 17.1. The van der Waals surface area contributed by atoms with Crippen LogP contribution in [-0.4, -0.2) is 318 Å². The SMILES string of the molecule is CCCC[C@H]1C(=O)N(C)[C@@H](CO)C(=O)N[C@@H](CCCNC(=N)N)C(=O)NC(C(=O)NCC(N)=O)CSCC(=O)N[C@@H](Cc2ccc(O)cc2)C(=O)N(C)[C@@H](C)C(=O)N[C@@H](CC(N)=O)C(=O)N2CCC[C@H]2C(=O)N[C@@H](Cc2cnc[nH]2)C(=O)N[C@@H](CC(C)C)C(=O)N2CCCC2(C=O)N[C@@H](Cc2c[nH]c3ccccc23)C(=O)N[C@@H](CO)C(=O)N[C@@H](Cc2csc3ccccc23)C(=O)N1C. The molecule has 3 saturated heterocycles. The van der Waals surface area contributed by atoms with Gasteiger partial charge < -0.3 is 120 Å². The number of hydrogen-bond acceptors (Lipinski definition) is 25. The molecule has 43 nitrogen and oxygen atoms in total. The van der Waals surface area contributed by atoms with E-state index >= 15 is 28.8 Å². The van der Waals surface area contributed by atoms with E-state index in [4.69, 9.17) is 22.6 Å². The Morgan fingerprint density at radius 1 is 0.617 bits per heavy atom. The number of aromatic hydroxyl groups is 1. The third-order valence-electron chi connectivity index (χ3n) is 23.7. The topological polar surface area (TPSA) is 646 Å². The predicted molar refractivity (Wildman–Crippen MR) is 489 cm³/mol. The molecule has 2 unspecified atom stereocenters. The molecule has 3 aliphatic heterocycles. The number of aromatic nitrogens is 3. The van der Waals surface area contributed by atoms with Gasteiger partial charge in [-0.3, -0.25) is 92.2 Å². The number of benzene rings is 3. The molecular formula is C88H121N23O20S2. The van der Waals surface area contributed by atoms with Gasteiger partial charge in [0.15, 0.2) is 17.9 Å². The Morgan fingerprint density at radius 3 is 1.92 bits per heavy atom. The second kappa shape index (κ2) is 48.8. The number of nitrogens with two attached hydrogens (primary N) is 3. The molecule has 0 spiro atoms. The van der Waals surface area contributed by atoms with Crippen LogP contribution in [0.4, 0.5) is 0 Å². The van der Waals surface area contributed by atoms with Gasteiger partial charge in [0, 0.05) is 99.5 Å². The number of aromatic amines is 2. The number of H-pyrrole nitrogens is 2. The summed E-state index contributed by atoms with van der Waals surface area (Å²) in [5, 5.41) is 72.8. The van der Waals surface area contributed by atoms with Crippen LogP contribution in [0.2, 0.25) is 0 Å². The lowest BCUT2D eigenvalue weighted by molar-refractivity contribution is -0.150. The molecule has 3 aromatic heterocycles. The Bertz CT molecular complexity index is 5170. The molecule has 6 aromatic rings. The number of primary amides is 2. The number of amides is 16. The van der Waals surface area contributed by atoms with Gasteiger partial charge in [-0.05, 0) is 122 Å². The number of carbonyl (C=O) groups excluding carboxylic acids is 17. The van der Waals surface area contributed by atoms with Crippen LogP contribution >= 0.6 is 23.1 Å². The molecule has 14 atom stereocenters. The summed E-state index contributed by atoms with van der Waals surface area (Å²) < 4.78 is 0.795. The molecule has 3 aromatic carbocycles. The lowest BCUT2D eigenvalue weighted by atomic mass is 9.98. The van der Waals surface area contributed by atoms with Crippen molar-refractivity contribution in [1.82, 2.24) is 97.9 Å². The van der Waals surface area contributed by atoms with E-state index in [1.165, 1.54) is 81.1 Å². The van der Waals surface area contributed by atoms with E-state index in [1.54, 1.807) is 67.9 Å². The summed E-state index contributed by atoms with van der Waals surface area (Å²) in [7, 11) is 3.66. The molecule has 6 heterocycles. The van der Waals surface area contributed by atoms with Crippen molar-refractivity contribution >= 4 is 151 Å². The average Bonchev–Trinajstić information content (AvgIpc) is 1.67. The van der Waals surface area contributed by atoms with E-state index in [0.29, 0.717) is 51.4 Å². The van der Waals surface area contributed by atoms with Crippen LogP contribution in [0.3, 0.4) is 0 Å². The minimum Gasteiger partial charge on any atom is -0.508 e. The van der Waals surface area contributed by atoms with Gasteiger partial charge in [-0.25, -0.2) is 4.98 Å². The predicted octanol–water partition coefficient (Wildman–Crippen LogP) is -3.36. The number of guanidine groups is 1. The van der Waals surface area contributed by atoms with Crippen molar-refractivity contribution in [1.29, 1.82) is 5.41 Å². The Kier molecular flexibility index (Phi) is 38.0. The van der Waals surface area contributed by atoms with Crippen molar-refractivity contribution in [3.05, 3.63) is 119 Å². The number of aldehydes is 1. The first-order valence-corrected chi connectivity index (χ1v) is 46.0. The fourth-order valence-electron chi connectivity index (χ4n) is 16.3. The number of likely N-dealkylation sites (N-methyl/N-ethyl adjacent to an activating group) is 3. The monoisotopic (exact) mass is 1880 g/mol. The van der Waals surface area contributed by atoms with Crippen LogP contribution in [0, 0.1) is 11.3 Å². The summed E-state index contributed by atoms with van der Waals surface area (Å²) in [6.45, 7) is 3.37. The Hall–Kier alpha value is -13.1. The van der Waals surface area contributed by atoms with Gasteiger partial charge in [0.1, 0.15) is 78.3 Å². The number of nitrogens with zero attached hydrogens (tertiary/aromatic N) is 6. The number of phenolic OH excluding ortho intramolecular Hbond substituents is 1. The Morgan fingerprint density at radius 2 is 1.25 bits per heavy atom. The minimum atomic E-state index is -2.05. The fraction of sp³-hybridized carbons (Fsp3) is 0.511. The van der Waals surface area contributed by atoms with Crippen molar-refractivity contribution < 1.29 is 96.8 Å². The first-order valence-electron chi connectivity index (χ1n) is 43.9. The standard InChI is InChI=1S/C88H121N23O20S2/c1-8-9-21-68-86(131)109(7)69(42-113)81(126)99-58(20-14-29-94-87(91)92)76(121)105-66(75(120)96-40-72(90)117)44-132-45-73(118)98-62(33-50-24-26-54(115)27-25-50)82(127)107(5)49(4)74(119)101-64(37-71(89)116)84(129)110-30-15-22-67(110)80(125)100-59(36-53-39-93-47-97-53)77(122)102-61(32-48(2)3)85(130)111-31-16-28-88(111,46-114)106-60(34-51-38-95-57-19-12-10-17-55(51)57)78(123)104-65(41-112)79(124)103-63(83(128)108(68)6)35-52-43-133-70-23-13-11-18-56(52)70/h10-13,17-19,23-27,38-39,43,46-49,58-69,95,106,112-113,115H,8-9,14-16,20-22,28-37,40-42,44-45H2,1-7H3,(H2,89,116)(H2,90,117)(H,93,97)(H,96,120)(H,98,118)(H,99,126)(H,100,125)(H,101,119)(H,102,122)(H,103,124)(H,104,123)(H,105,121)(H4,91,92,94)/t49-,58-,59-,60-,61-,62-,63-,64-,65-,66?,67-,68-,69-,88?/m0/s1. The zero-order valence-electron chi connectivity index (χ0n) is 75.2. The summed E-state index contributed by atoms with van der Waals surface area (Å²) in [4.78, 5) is 265. The first-order chi connectivity index (χ1) is 63.4. The van der Waals surface area contributed by atoms with Crippen LogP contribution in [-0.2, 0) is 107 Å². The zero-order valence-corrected chi connectivity index (χ0v) is 76.8. The third kappa shape index (κ3) is 28.0. The number of phenols is 1. The van der Waals surface area contributed by atoms with Crippen molar-refractivity contribution in [2.45, 2.75) is 208 Å². The van der Waals surface area contributed by atoms with Crippen molar-refractivity contribution in [3.63, 3.8) is 0 Å². The summed E-state index contributed by atoms with van der Waals surface area (Å²) in [6, 6.07) is -1.10. The van der Waals surface area contributed by atoms with Crippen LogP contribution < -0.4 is 75.7 Å². The Balaban J connectivity index is 1.11. The van der Waals surface area contributed by atoms with Crippen LogP contribution in [0.1, 0.15) is 121 Å². The molecule has 45 heteroatoms. The van der Waals surface area contributed by atoms with Gasteiger partial charge in [0.25, 0.3) is 0 Å². The van der Waals surface area contributed by atoms with Crippen molar-refractivity contribution in [3.8, 4) is 5.75 Å². The lowest BCUT2D eigenvalue weighted by Gasteiger charge is -2.39.